The van der Waals surface area contributed by atoms with E-state index in [0.717, 1.165) is 21.9 Å². The minimum absolute atomic E-state index is 0.848. The molecular formula is C13H13BrN2S. The molecule has 0 aliphatic carbocycles. The molecule has 4 heteroatoms. The Hall–Kier alpha value is -0.870. The minimum atomic E-state index is 0.848. The number of benzene rings is 1. The first-order valence-corrected chi connectivity index (χ1v) is 7.07. The van der Waals surface area contributed by atoms with Crippen molar-refractivity contribution in [3.8, 4) is 0 Å². The largest absolute Gasteiger partial charge is 0.226 e. The summed E-state index contributed by atoms with van der Waals surface area (Å²) in [5.74, 6) is 0.871. The average molecular weight is 309 g/mol. The highest BCUT2D eigenvalue weighted by molar-refractivity contribution is 9.10. The predicted octanol–water partition coefficient (Wildman–Crippen LogP) is 4.26. The fourth-order valence-electron chi connectivity index (χ4n) is 1.44. The van der Waals surface area contributed by atoms with Crippen molar-refractivity contribution in [2.45, 2.75) is 30.2 Å². The molecule has 0 fully saturated rings. The van der Waals surface area contributed by atoms with Gasteiger partial charge >= 0.3 is 0 Å². The molecule has 0 aliphatic rings. The van der Waals surface area contributed by atoms with Crippen molar-refractivity contribution in [2.75, 3.05) is 0 Å². The fourth-order valence-corrected chi connectivity index (χ4v) is 2.93. The summed E-state index contributed by atoms with van der Waals surface area (Å²) in [5.41, 5.74) is 1.27. The number of nitrogens with zero attached hydrogens (tertiary/aromatic N) is 2. The summed E-state index contributed by atoms with van der Waals surface area (Å²) in [6.07, 6.45) is 0.848. The van der Waals surface area contributed by atoms with Crippen LogP contribution >= 0.6 is 27.7 Å². The molecule has 0 bridgehead atoms. The Bertz CT molecular complexity index is 529. The first-order valence-electron chi connectivity index (χ1n) is 5.46. The summed E-state index contributed by atoms with van der Waals surface area (Å²) >= 11 is 5.10. The molecule has 0 spiro atoms. The highest BCUT2D eigenvalue weighted by atomic mass is 79.9. The molecule has 2 rings (SSSR count). The van der Waals surface area contributed by atoms with E-state index in [-0.39, 0.29) is 0 Å². The van der Waals surface area contributed by atoms with E-state index in [1.54, 1.807) is 11.8 Å². The van der Waals surface area contributed by atoms with E-state index in [4.69, 9.17) is 0 Å². The molecule has 2 aromatic rings. The molecule has 0 unspecified atom stereocenters. The molecule has 17 heavy (non-hydrogen) atoms. The first kappa shape index (κ1) is 12.6. The van der Waals surface area contributed by atoms with E-state index >= 15 is 0 Å². The standard InChI is InChI=1S/C13H13BrN2S/c1-3-12-15-11(14)8-13(16-12)17-10-7-5-4-6-9(10)2/h4-8H,3H2,1-2H3. The number of rotatable bonds is 3. The van der Waals surface area contributed by atoms with Gasteiger partial charge in [0.2, 0.25) is 0 Å². The summed E-state index contributed by atoms with van der Waals surface area (Å²) in [6.45, 7) is 4.17. The molecular weight excluding hydrogens is 296 g/mol. The third-order valence-electron chi connectivity index (χ3n) is 2.34. The maximum Gasteiger partial charge on any atom is 0.130 e. The van der Waals surface area contributed by atoms with Gasteiger partial charge in [0.1, 0.15) is 15.5 Å². The second-order valence-electron chi connectivity index (χ2n) is 3.67. The summed E-state index contributed by atoms with van der Waals surface area (Å²) < 4.78 is 0.848. The Morgan fingerprint density at radius 2 is 2.00 bits per heavy atom. The molecule has 2 nitrogen and oxygen atoms in total. The maximum atomic E-state index is 4.51. The summed E-state index contributed by atoms with van der Waals surface area (Å²) in [4.78, 5) is 10.1. The quantitative estimate of drug-likeness (QED) is 0.792. The maximum absolute atomic E-state index is 4.51. The number of hydrogen-bond donors (Lipinski definition) is 0. The van der Waals surface area contributed by atoms with Gasteiger partial charge in [0, 0.05) is 17.4 Å². The van der Waals surface area contributed by atoms with Gasteiger partial charge in [-0.1, -0.05) is 36.9 Å². The lowest BCUT2D eigenvalue weighted by Crippen LogP contribution is -1.94. The summed E-state index contributed by atoms with van der Waals surface area (Å²) in [6, 6.07) is 10.3. The van der Waals surface area contributed by atoms with Crippen molar-refractivity contribution in [3.63, 3.8) is 0 Å². The van der Waals surface area contributed by atoms with E-state index in [9.17, 15) is 0 Å². The Labute approximate surface area is 114 Å². The van der Waals surface area contributed by atoms with Crippen molar-refractivity contribution in [1.82, 2.24) is 9.97 Å². The van der Waals surface area contributed by atoms with Crippen LogP contribution in [0.1, 0.15) is 18.3 Å². The van der Waals surface area contributed by atoms with Gasteiger partial charge in [-0.25, -0.2) is 9.97 Å². The number of aryl methyl sites for hydroxylation is 2. The monoisotopic (exact) mass is 308 g/mol. The molecule has 0 radical (unpaired) electrons. The zero-order valence-corrected chi connectivity index (χ0v) is 12.2. The second-order valence-corrected chi connectivity index (χ2v) is 5.54. The Kier molecular flexibility index (Phi) is 4.18. The van der Waals surface area contributed by atoms with Gasteiger partial charge in [0.15, 0.2) is 0 Å². The molecule has 1 aromatic heterocycles. The second kappa shape index (κ2) is 5.65. The van der Waals surface area contributed by atoms with Crippen molar-refractivity contribution in [3.05, 3.63) is 46.3 Å². The van der Waals surface area contributed by atoms with Crippen LogP contribution in [-0.4, -0.2) is 9.97 Å². The van der Waals surface area contributed by atoms with Crippen molar-refractivity contribution in [2.24, 2.45) is 0 Å². The van der Waals surface area contributed by atoms with Crippen LogP contribution in [0.15, 0.2) is 44.9 Å². The lowest BCUT2D eigenvalue weighted by Gasteiger charge is -2.06. The smallest absolute Gasteiger partial charge is 0.130 e. The van der Waals surface area contributed by atoms with Gasteiger partial charge in [0.05, 0.1) is 0 Å². The molecule has 0 saturated carbocycles. The topological polar surface area (TPSA) is 25.8 Å². The van der Waals surface area contributed by atoms with Crippen molar-refractivity contribution >= 4 is 27.7 Å². The normalized spacial score (nSPS) is 10.5. The molecule has 0 saturated heterocycles. The van der Waals surface area contributed by atoms with Gasteiger partial charge < -0.3 is 0 Å². The lowest BCUT2D eigenvalue weighted by molar-refractivity contribution is 0.877. The predicted molar refractivity (Wildman–Crippen MR) is 74.4 cm³/mol. The number of aromatic nitrogens is 2. The van der Waals surface area contributed by atoms with Gasteiger partial charge in [-0.15, -0.1) is 0 Å². The van der Waals surface area contributed by atoms with Crippen LogP contribution in [0.2, 0.25) is 0 Å². The summed E-state index contributed by atoms with van der Waals surface area (Å²) in [7, 11) is 0. The first-order chi connectivity index (χ1) is 8.19. The van der Waals surface area contributed by atoms with Crippen LogP contribution in [0.4, 0.5) is 0 Å². The molecule has 0 aliphatic heterocycles. The molecule has 88 valence electrons. The third-order valence-corrected chi connectivity index (χ3v) is 3.84. The van der Waals surface area contributed by atoms with Crippen LogP contribution in [-0.2, 0) is 6.42 Å². The van der Waals surface area contributed by atoms with Crippen LogP contribution in [0.25, 0.3) is 0 Å². The third kappa shape index (κ3) is 3.30. The van der Waals surface area contributed by atoms with Crippen LogP contribution in [0.3, 0.4) is 0 Å². The molecule has 1 aromatic carbocycles. The van der Waals surface area contributed by atoms with Crippen molar-refractivity contribution in [1.29, 1.82) is 0 Å². The van der Waals surface area contributed by atoms with Gasteiger partial charge in [0.25, 0.3) is 0 Å². The zero-order chi connectivity index (χ0) is 12.3. The van der Waals surface area contributed by atoms with E-state index in [0.29, 0.717) is 0 Å². The van der Waals surface area contributed by atoms with Gasteiger partial charge in [-0.3, -0.25) is 0 Å². The molecule has 0 amide bonds. The lowest BCUT2D eigenvalue weighted by atomic mass is 10.2. The van der Waals surface area contributed by atoms with Crippen LogP contribution < -0.4 is 0 Å². The van der Waals surface area contributed by atoms with E-state index in [2.05, 4.69) is 51.9 Å². The van der Waals surface area contributed by atoms with E-state index in [1.165, 1.54) is 10.5 Å². The fraction of sp³-hybridized carbons (Fsp3) is 0.231. The number of hydrogen-bond acceptors (Lipinski definition) is 3. The minimum Gasteiger partial charge on any atom is -0.226 e. The number of halogens is 1. The molecule has 1 heterocycles. The highest BCUT2D eigenvalue weighted by Gasteiger charge is 2.05. The van der Waals surface area contributed by atoms with Gasteiger partial charge in [-0.05, 0) is 34.5 Å². The molecule has 0 N–H and O–H groups in total. The Morgan fingerprint density at radius 1 is 1.24 bits per heavy atom. The van der Waals surface area contributed by atoms with Crippen LogP contribution in [0.5, 0.6) is 0 Å². The van der Waals surface area contributed by atoms with Crippen LogP contribution in [0, 0.1) is 6.92 Å². The Morgan fingerprint density at radius 3 is 2.71 bits per heavy atom. The van der Waals surface area contributed by atoms with Crippen molar-refractivity contribution < 1.29 is 0 Å². The Balaban J connectivity index is 2.30. The molecule has 0 atom stereocenters. The highest BCUT2D eigenvalue weighted by Crippen LogP contribution is 2.29. The van der Waals surface area contributed by atoms with Gasteiger partial charge in [-0.2, -0.15) is 0 Å². The van der Waals surface area contributed by atoms with E-state index < -0.39 is 0 Å². The zero-order valence-electron chi connectivity index (χ0n) is 9.77. The average Bonchev–Trinajstić information content (AvgIpc) is 2.31. The van der Waals surface area contributed by atoms with E-state index in [1.807, 2.05) is 18.2 Å². The summed E-state index contributed by atoms with van der Waals surface area (Å²) in [5, 5.41) is 0.984. The SMILES string of the molecule is CCc1nc(Br)cc(Sc2ccccc2C)n1.